The van der Waals surface area contributed by atoms with Crippen LogP contribution in [0.4, 0.5) is 0 Å². The molecule has 1 aliphatic rings. The Kier molecular flexibility index (Phi) is 4.44. The number of hydrogen-bond acceptors (Lipinski definition) is 3. The van der Waals surface area contributed by atoms with E-state index < -0.39 is 0 Å². The van der Waals surface area contributed by atoms with Crippen LogP contribution < -0.4 is 10.1 Å². The minimum atomic E-state index is 0.175. The lowest BCUT2D eigenvalue weighted by Crippen LogP contribution is -2.35. The summed E-state index contributed by atoms with van der Waals surface area (Å²) in [4.78, 5) is 1.33. The number of nitrogens with one attached hydrogen (secondary N) is 1. The molecule has 1 aromatic carbocycles. The molecule has 0 saturated heterocycles. The fourth-order valence-electron chi connectivity index (χ4n) is 2.61. The predicted octanol–water partition coefficient (Wildman–Crippen LogP) is 4.56. The third-order valence-electron chi connectivity index (χ3n) is 3.59. The van der Waals surface area contributed by atoms with E-state index in [9.17, 15) is 0 Å². The lowest BCUT2D eigenvalue weighted by Gasteiger charge is -2.24. The van der Waals surface area contributed by atoms with Crippen molar-refractivity contribution < 1.29 is 4.74 Å². The molecule has 2 heterocycles. The van der Waals surface area contributed by atoms with Crippen molar-refractivity contribution in [1.29, 1.82) is 0 Å². The lowest BCUT2D eigenvalue weighted by atomic mass is 10.0. The molecule has 0 spiro atoms. The summed E-state index contributed by atoms with van der Waals surface area (Å²) in [5.41, 5.74) is 1.31. The number of ether oxygens (including phenoxy) is 1. The summed E-state index contributed by atoms with van der Waals surface area (Å²) in [5.74, 6) is 1.04. The second kappa shape index (κ2) is 6.29. The summed E-state index contributed by atoms with van der Waals surface area (Å²) in [6, 6.07) is 10.7. The van der Waals surface area contributed by atoms with Gasteiger partial charge in [0.2, 0.25) is 0 Å². The van der Waals surface area contributed by atoms with Crippen molar-refractivity contribution in [3.05, 3.63) is 50.6 Å². The van der Waals surface area contributed by atoms with Crippen molar-refractivity contribution in [3.63, 3.8) is 0 Å². The van der Waals surface area contributed by atoms with E-state index in [1.807, 2.05) is 6.07 Å². The second-order valence-electron chi connectivity index (χ2n) is 5.03. The molecule has 1 aliphatic heterocycles. The molecular formula is C16H18BrNOS. The van der Waals surface area contributed by atoms with Gasteiger partial charge in [-0.2, -0.15) is 0 Å². The molecule has 3 rings (SSSR count). The molecule has 106 valence electrons. The summed E-state index contributed by atoms with van der Waals surface area (Å²) in [6.07, 6.45) is 2.27. The van der Waals surface area contributed by atoms with E-state index in [0.29, 0.717) is 0 Å². The standard InChI is InChI=1S/C16H18BrNOS/c1-2-8-18-15(16-12(17)7-9-20-16)14-10-11-5-3-4-6-13(11)19-14/h3-7,9,14-15,18H,2,8,10H2,1H3. The molecule has 0 bridgehead atoms. The Morgan fingerprint density at radius 3 is 2.95 bits per heavy atom. The monoisotopic (exact) mass is 351 g/mol. The van der Waals surface area contributed by atoms with Crippen LogP contribution in [0.3, 0.4) is 0 Å². The largest absolute Gasteiger partial charge is 0.488 e. The topological polar surface area (TPSA) is 21.3 Å². The Labute approximate surface area is 132 Å². The maximum absolute atomic E-state index is 6.17. The van der Waals surface area contributed by atoms with E-state index in [-0.39, 0.29) is 12.1 Å². The highest BCUT2D eigenvalue weighted by molar-refractivity contribution is 9.10. The van der Waals surface area contributed by atoms with Crippen LogP contribution >= 0.6 is 27.3 Å². The van der Waals surface area contributed by atoms with Crippen LogP contribution in [0, 0.1) is 0 Å². The fourth-order valence-corrected chi connectivity index (χ4v) is 4.36. The maximum Gasteiger partial charge on any atom is 0.123 e. The molecule has 2 aromatic rings. The third kappa shape index (κ3) is 2.78. The van der Waals surface area contributed by atoms with Crippen LogP contribution in [0.15, 0.2) is 40.2 Å². The smallest absolute Gasteiger partial charge is 0.123 e. The van der Waals surface area contributed by atoms with Gasteiger partial charge in [-0.25, -0.2) is 0 Å². The number of halogens is 1. The van der Waals surface area contributed by atoms with Gasteiger partial charge >= 0.3 is 0 Å². The molecule has 20 heavy (non-hydrogen) atoms. The van der Waals surface area contributed by atoms with Crippen LogP contribution in [0.1, 0.15) is 29.8 Å². The first-order valence-corrected chi connectivity index (χ1v) is 8.67. The van der Waals surface area contributed by atoms with E-state index in [4.69, 9.17) is 4.74 Å². The number of hydrogen-bond donors (Lipinski definition) is 1. The fraction of sp³-hybridized carbons (Fsp3) is 0.375. The Morgan fingerprint density at radius 1 is 1.40 bits per heavy atom. The van der Waals surface area contributed by atoms with Gasteiger partial charge in [0.05, 0.1) is 6.04 Å². The molecule has 2 unspecified atom stereocenters. The summed E-state index contributed by atoms with van der Waals surface area (Å²) in [6.45, 7) is 3.20. The first-order valence-electron chi connectivity index (χ1n) is 7.00. The maximum atomic E-state index is 6.17. The molecule has 4 heteroatoms. The van der Waals surface area contributed by atoms with E-state index in [1.54, 1.807) is 11.3 Å². The third-order valence-corrected chi connectivity index (χ3v) is 5.54. The minimum Gasteiger partial charge on any atom is -0.488 e. The van der Waals surface area contributed by atoms with Gasteiger partial charge < -0.3 is 10.1 Å². The Bertz CT molecular complexity index is 558. The SMILES string of the molecule is CCCNC(c1sccc1Br)C1Cc2ccccc2O1. The molecule has 0 saturated carbocycles. The number of thiophene rings is 1. The van der Waals surface area contributed by atoms with Crippen LogP contribution in [0.25, 0.3) is 0 Å². The number of benzene rings is 1. The summed E-state index contributed by atoms with van der Waals surface area (Å²) >= 11 is 5.44. The summed E-state index contributed by atoms with van der Waals surface area (Å²) in [7, 11) is 0. The summed E-state index contributed by atoms with van der Waals surface area (Å²) < 4.78 is 7.34. The first-order chi connectivity index (χ1) is 9.79. The van der Waals surface area contributed by atoms with Crippen molar-refractivity contribution >= 4 is 27.3 Å². The van der Waals surface area contributed by atoms with Gasteiger partial charge in [0.15, 0.2) is 0 Å². The van der Waals surface area contributed by atoms with Crippen molar-refractivity contribution in [3.8, 4) is 5.75 Å². The van der Waals surface area contributed by atoms with Crippen molar-refractivity contribution in [1.82, 2.24) is 5.32 Å². The summed E-state index contributed by atoms with van der Waals surface area (Å²) in [5, 5.41) is 5.77. The average molecular weight is 352 g/mol. The van der Waals surface area contributed by atoms with E-state index in [0.717, 1.165) is 25.1 Å². The Balaban J connectivity index is 1.83. The molecule has 2 atom stereocenters. The molecule has 0 aliphatic carbocycles. The van der Waals surface area contributed by atoms with Crippen LogP contribution in [0.2, 0.25) is 0 Å². The van der Waals surface area contributed by atoms with E-state index >= 15 is 0 Å². The highest BCUT2D eigenvalue weighted by atomic mass is 79.9. The van der Waals surface area contributed by atoms with E-state index in [2.05, 4.69) is 57.8 Å². The van der Waals surface area contributed by atoms with Gasteiger partial charge in [0, 0.05) is 15.8 Å². The molecular weight excluding hydrogens is 334 g/mol. The first kappa shape index (κ1) is 14.1. The zero-order valence-electron chi connectivity index (χ0n) is 11.4. The average Bonchev–Trinajstić information content (AvgIpc) is 3.06. The van der Waals surface area contributed by atoms with Gasteiger partial charge in [-0.1, -0.05) is 25.1 Å². The van der Waals surface area contributed by atoms with Gasteiger partial charge in [0.1, 0.15) is 11.9 Å². The van der Waals surface area contributed by atoms with Crippen LogP contribution in [-0.4, -0.2) is 12.6 Å². The molecule has 1 aromatic heterocycles. The van der Waals surface area contributed by atoms with Gasteiger partial charge in [0.25, 0.3) is 0 Å². The number of para-hydroxylation sites is 1. The number of fused-ring (bicyclic) bond motifs is 1. The zero-order chi connectivity index (χ0) is 13.9. The Morgan fingerprint density at radius 2 is 2.25 bits per heavy atom. The van der Waals surface area contributed by atoms with Gasteiger partial charge in [-0.15, -0.1) is 11.3 Å². The highest BCUT2D eigenvalue weighted by Gasteiger charge is 2.32. The van der Waals surface area contributed by atoms with Crippen LogP contribution in [-0.2, 0) is 6.42 Å². The molecule has 0 amide bonds. The van der Waals surface area contributed by atoms with Gasteiger partial charge in [-0.05, 0) is 52.0 Å². The van der Waals surface area contributed by atoms with Crippen molar-refractivity contribution in [2.75, 3.05) is 6.54 Å². The highest BCUT2D eigenvalue weighted by Crippen LogP contribution is 2.38. The second-order valence-corrected chi connectivity index (χ2v) is 6.83. The Hall–Kier alpha value is -0.840. The number of rotatable bonds is 5. The lowest BCUT2D eigenvalue weighted by molar-refractivity contribution is 0.180. The van der Waals surface area contributed by atoms with Crippen molar-refractivity contribution in [2.45, 2.75) is 31.9 Å². The van der Waals surface area contributed by atoms with Crippen molar-refractivity contribution in [2.24, 2.45) is 0 Å². The van der Waals surface area contributed by atoms with Gasteiger partial charge in [-0.3, -0.25) is 0 Å². The molecule has 0 fully saturated rings. The quantitative estimate of drug-likeness (QED) is 0.852. The minimum absolute atomic E-state index is 0.175. The van der Waals surface area contributed by atoms with E-state index in [1.165, 1.54) is 14.9 Å². The zero-order valence-corrected chi connectivity index (χ0v) is 13.8. The molecule has 2 nitrogen and oxygen atoms in total. The molecule has 1 N–H and O–H groups in total. The van der Waals surface area contributed by atoms with Crippen LogP contribution in [0.5, 0.6) is 5.75 Å². The predicted molar refractivity (Wildman–Crippen MR) is 87.6 cm³/mol. The normalized spacial score (nSPS) is 18.6. The molecule has 0 radical (unpaired) electrons.